The summed E-state index contributed by atoms with van der Waals surface area (Å²) in [5.74, 6) is -1.84. The largest absolute Gasteiger partial charge is 0.504 e. The minimum atomic E-state index is -0.898. The average Bonchev–Trinajstić information content (AvgIpc) is 2.70. The van der Waals surface area contributed by atoms with E-state index in [1.54, 1.807) is 12.1 Å². The molecule has 0 fully saturated rings. The van der Waals surface area contributed by atoms with Gasteiger partial charge in [0.15, 0.2) is 18.1 Å². The van der Waals surface area contributed by atoms with E-state index < -0.39 is 24.4 Å². The Morgan fingerprint density at radius 2 is 1.72 bits per heavy atom. The maximum Gasteiger partial charge on any atom is 0.342 e. The number of hydrogen-bond acceptors (Lipinski definition) is 7. The number of ether oxygens (including phenoxy) is 3. The van der Waals surface area contributed by atoms with Crippen LogP contribution in [-0.2, 0) is 14.3 Å². The zero-order valence-corrected chi connectivity index (χ0v) is 16.3. The van der Waals surface area contributed by atoms with Gasteiger partial charge in [-0.25, -0.2) is 4.79 Å². The van der Waals surface area contributed by atoms with Gasteiger partial charge < -0.3 is 30.0 Å². The van der Waals surface area contributed by atoms with Crippen LogP contribution in [0.25, 0.3) is 0 Å². The lowest BCUT2D eigenvalue weighted by Gasteiger charge is -2.12. The molecule has 0 aliphatic carbocycles. The van der Waals surface area contributed by atoms with Crippen LogP contribution in [0.3, 0.4) is 0 Å². The van der Waals surface area contributed by atoms with Crippen LogP contribution >= 0.6 is 0 Å². The molecular formula is C20H22N2O7. The first kappa shape index (κ1) is 21.5. The third-order valence-electron chi connectivity index (χ3n) is 3.85. The van der Waals surface area contributed by atoms with Crippen LogP contribution in [0, 0.1) is 6.92 Å². The van der Waals surface area contributed by atoms with Crippen LogP contribution in [0.5, 0.6) is 17.2 Å². The molecule has 0 aromatic heterocycles. The summed E-state index contributed by atoms with van der Waals surface area (Å²) in [6.45, 7) is 0.930. The standard InChI is InChI=1S/C20H22N2O7/c1-12-7-8-15(27-2)14(9-12)22-17(23)10-21-18(24)11-29-20(26)13-5-4-6-16(28-3)19(13)25/h4-9,25H,10-11H2,1-3H3,(H,21,24)(H,22,23). The van der Waals surface area contributed by atoms with Crippen LogP contribution in [0.4, 0.5) is 5.69 Å². The van der Waals surface area contributed by atoms with E-state index in [1.807, 2.05) is 13.0 Å². The van der Waals surface area contributed by atoms with Gasteiger partial charge in [0.25, 0.3) is 5.91 Å². The molecule has 2 rings (SSSR count). The van der Waals surface area contributed by atoms with E-state index in [0.29, 0.717) is 11.4 Å². The van der Waals surface area contributed by atoms with Crippen LogP contribution in [0.1, 0.15) is 15.9 Å². The van der Waals surface area contributed by atoms with Crippen molar-refractivity contribution in [3.8, 4) is 17.2 Å². The SMILES string of the molecule is COc1ccc(C)cc1NC(=O)CNC(=O)COC(=O)c1cccc(OC)c1O. The second-order valence-corrected chi connectivity index (χ2v) is 5.96. The van der Waals surface area contributed by atoms with Gasteiger partial charge in [0.1, 0.15) is 11.3 Å². The van der Waals surface area contributed by atoms with Gasteiger partial charge in [-0.05, 0) is 36.8 Å². The summed E-state index contributed by atoms with van der Waals surface area (Å²) < 4.78 is 14.9. The summed E-state index contributed by atoms with van der Waals surface area (Å²) >= 11 is 0. The molecule has 154 valence electrons. The molecule has 0 radical (unpaired) electrons. The fourth-order valence-electron chi connectivity index (χ4n) is 2.40. The number of para-hydroxylation sites is 1. The zero-order chi connectivity index (χ0) is 21.4. The van der Waals surface area contributed by atoms with Crippen LogP contribution < -0.4 is 20.1 Å². The Balaban J connectivity index is 1.83. The molecule has 29 heavy (non-hydrogen) atoms. The van der Waals surface area contributed by atoms with Gasteiger partial charge in [-0.1, -0.05) is 12.1 Å². The number of aromatic hydroxyl groups is 1. The Bertz CT molecular complexity index is 912. The number of phenolic OH excluding ortho intramolecular Hbond substituents is 1. The minimum Gasteiger partial charge on any atom is -0.504 e. The van der Waals surface area contributed by atoms with Crippen molar-refractivity contribution in [1.82, 2.24) is 5.32 Å². The van der Waals surface area contributed by atoms with E-state index in [-0.39, 0.29) is 23.6 Å². The van der Waals surface area contributed by atoms with Gasteiger partial charge in [-0.15, -0.1) is 0 Å². The minimum absolute atomic E-state index is 0.104. The Kier molecular flexibility index (Phi) is 7.41. The van der Waals surface area contributed by atoms with Gasteiger partial charge in [0, 0.05) is 0 Å². The molecule has 0 aliphatic heterocycles. The number of aryl methyl sites for hydroxylation is 1. The van der Waals surface area contributed by atoms with E-state index in [4.69, 9.17) is 14.2 Å². The smallest absolute Gasteiger partial charge is 0.342 e. The third kappa shape index (κ3) is 5.86. The maximum atomic E-state index is 12.0. The Morgan fingerprint density at radius 1 is 1.00 bits per heavy atom. The number of anilines is 1. The van der Waals surface area contributed by atoms with Crippen molar-refractivity contribution < 1.29 is 33.7 Å². The third-order valence-corrected chi connectivity index (χ3v) is 3.85. The highest BCUT2D eigenvalue weighted by Gasteiger charge is 2.17. The molecule has 3 N–H and O–H groups in total. The summed E-state index contributed by atoms with van der Waals surface area (Å²) in [7, 11) is 2.82. The molecule has 0 saturated heterocycles. The van der Waals surface area contributed by atoms with Crippen LogP contribution in [0.15, 0.2) is 36.4 Å². The number of nitrogens with one attached hydrogen (secondary N) is 2. The molecule has 0 saturated carbocycles. The lowest BCUT2D eigenvalue weighted by Crippen LogP contribution is -2.35. The van der Waals surface area contributed by atoms with Crippen LogP contribution in [0.2, 0.25) is 0 Å². The molecule has 0 aliphatic rings. The molecule has 9 nitrogen and oxygen atoms in total. The van der Waals surface area contributed by atoms with E-state index in [9.17, 15) is 19.5 Å². The number of phenols is 1. The summed E-state index contributed by atoms with van der Waals surface area (Å²) in [6.07, 6.45) is 0. The second kappa shape index (κ2) is 9.98. The summed E-state index contributed by atoms with van der Waals surface area (Å²) in [5.41, 5.74) is 1.27. The number of amides is 2. The number of rotatable bonds is 8. The molecule has 9 heteroatoms. The van der Waals surface area contributed by atoms with Crippen molar-refractivity contribution in [3.63, 3.8) is 0 Å². The highest BCUT2D eigenvalue weighted by molar-refractivity contribution is 5.97. The van der Waals surface area contributed by atoms with Crippen molar-refractivity contribution in [2.75, 3.05) is 32.7 Å². The predicted octanol–water partition coefficient (Wildman–Crippen LogP) is 1.63. The number of hydrogen-bond donors (Lipinski definition) is 3. The number of carbonyl (C=O) groups is 3. The molecule has 0 unspecified atom stereocenters. The normalized spacial score (nSPS) is 10.0. The number of esters is 1. The first-order valence-electron chi connectivity index (χ1n) is 8.60. The molecule has 2 aromatic rings. The van der Waals surface area contributed by atoms with E-state index in [1.165, 1.54) is 32.4 Å². The summed E-state index contributed by atoms with van der Waals surface area (Å²) in [4.78, 5) is 35.9. The first-order valence-corrected chi connectivity index (χ1v) is 8.60. The van der Waals surface area contributed by atoms with Crippen molar-refractivity contribution in [1.29, 1.82) is 0 Å². The van der Waals surface area contributed by atoms with Gasteiger partial charge in [0.05, 0.1) is 26.5 Å². The average molecular weight is 402 g/mol. The highest BCUT2D eigenvalue weighted by atomic mass is 16.5. The van der Waals surface area contributed by atoms with E-state index in [0.717, 1.165) is 5.56 Å². The monoisotopic (exact) mass is 402 g/mol. The second-order valence-electron chi connectivity index (χ2n) is 5.96. The number of carbonyl (C=O) groups excluding carboxylic acids is 3. The Labute approximate surface area is 167 Å². The van der Waals surface area contributed by atoms with Crippen LogP contribution in [-0.4, -0.2) is 50.3 Å². The lowest BCUT2D eigenvalue weighted by atomic mass is 10.2. The molecule has 2 amide bonds. The van der Waals surface area contributed by atoms with Crippen molar-refractivity contribution in [2.45, 2.75) is 6.92 Å². The van der Waals surface area contributed by atoms with Crippen molar-refractivity contribution in [2.24, 2.45) is 0 Å². The van der Waals surface area contributed by atoms with Crippen molar-refractivity contribution in [3.05, 3.63) is 47.5 Å². The molecule has 0 heterocycles. The molecule has 2 aromatic carbocycles. The Morgan fingerprint density at radius 3 is 2.41 bits per heavy atom. The summed E-state index contributed by atoms with van der Waals surface area (Å²) in [6, 6.07) is 9.60. The Hall–Kier alpha value is -3.75. The fraction of sp³-hybridized carbons (Fsp3) is 0.250. The van der Waals surface area contributed by atoms with E-state index >= 15 is 0 Å². The van der Waals surface area contributed by atoms with Gasteiger partial charge in [-0.3, -0.25) is 9.59 Å². The summed E-state index contributed by atoms with van der Waals surface area (Å²) in [5, 5.41) is 14.9. The number of methoxy groups -OCH3 is 2. The number of benzene rings is 2. The van der Waals surface area contributed by atoms with Gasteiger partial charge in [0.2, 0.25) is 5.91 Å². The van der Waals surface area contributed by atoms with Crippen molar-refractivity contribution >= 4 is 23.5 Å². The topological polar surface area (TPSA) is 123 Å². The first-order chi connectivity index (χ1) is 13.8. The zero-order valence-electron chi connectivity index (χ0n) is 16.3. The predicted molar refractivity (Wildman–Crippen MR) is 104 cm³/mol. The molecule has 0 bridgehead atoms. The van der Waals surface area contributed by atoms with E-state index in [2.05, 4.69) is 10.6 Å². The molecular weight excluding hydrogens is 380 g/mol. The quantitative estimate of drug-likeness (QED) is 0.574. The molecule has 0 atom stereocenters. The fourth-order valence-corrected chi connectivity index (χ4v) is 2.40. The maximum absolute atomic E-state index is 12.0. The molecule has 0 spiro atoms. The lowest BCUT2D eigenvalue weighted by molar-refractivity contribution is -0.126. The van der Waals surface area contributed by atoms with Gasteiger partial charge in [-0.2, -0.15) is 0 Å². The van der Waals surface area contributed by atoms with Gasteiger partial charge >= 0.3 is 5.97 Å². The highest BCUT2D eigenvalue weighted by Crippen LogP contribution is 2.29.